The summed E-state index contributed by atoms with van der Waals surface area (Å²) in [7, 11) is -3.26. The number of fused-ring (bicyclic) bond motifs is 1. The lowest BCUT2D eigenvalue weighted by Gasteiger charge is -2.45. The number of hydrogen-bond donors (Lipinski definition) is 0. The normalized spacial score (nSPS) is 28.6. The van der Waals surface area contributed by atoms with Gasteiger partial charge in [0.25, 0.3) is 0 Å². The third-order valence-corrected chi connectivity index (χ3v) is 14.2. The van der Waals surface area contributed by atoms with Crippen LogP contribution < -0.4 is 0 Å². The lowest BCUT2D eigenvalue weighted by Crippen LogP contribution is -2.47. The minimum Gasteiger partial charge on any atom is -0.413 e. The van der Waals surface area contributed by atoms with Crippen LogP contribution in [0.4, 0.5) is 0 Å². The first-order valence-corrected chi connectivity index (χ1v) is 17.3. The second-order valence-corrected chi connectivity index (χ2v) is 21.4. The van der Waals surface area contributed by atoms with Gasteiger partial charge in [0, 0.05) is 11.3 Å². The van der Waals surface area contributed by atoms with E-state index in [1.54, 1.807) is 10.8 Å². The van der Waals surface area contributed by atoms with Gasteiger partial charge >= 0.3 is 0 Å². The lowest BCUT2D eigenvalue weighted by atomic mass is 9.75. The maximum absolute atomic E-state index is 7.01. The fraction of sp³-hybridized carbons (Fsp3) is 0.600. The van der Waals surface area contributed by atoms with Gasteiger partial charge in [-0.05, 0) is 43.5 Å². The molecule has 28 heavy (non-hydrogen) atoms. The topological polar surface area (TPSA) is 9.23 Å². The smallest absolute Gasteiger partial charge is 0.192 e. The van der Waals surface area contributed by atoms with Gasteiger partial charge in [-0.25, -0.2) is 0 Å². The molecule has 1 aromatic rings. The summed E-state index contributed by atoms with van der Waals surface area (Å²) in [6, 6.07) is 11.1. The van der Waals surface area contributed by atoms with Crippen LogP contribution in [0, 0.1) is 5.41 Å². The Kier molecular flexibility index (Phi) is 5.53. The monoisotopic (exact) mass is 412 g/mol. The second kappa shape index (κ2) is 7.10. The van der Waals surface area contributed by atoms with Gasteiger partial charge in [0.05, 0.1) is 14.2 Å². The van der Waals surface area contributed by atoms with Crippen LogP contribution in [0.1, 0.15) is 52.0 Å². The summed E-state index contributed by atoms with van der Waals surface area (Å²) in [6.07, 6.45) is 7.69. The predicted octanol–water partition coefficient (Wildman–Crippen LogP) is 7.70. The van der Waals surface area contributed by atoms with Crippen LogP contribution in [0.5, 0.6) is 0 Å². The maximum Gasteiger partial charge on any atom is 0.192 e. The van der Waals surface area contributed by atoms with Crippen LogP contribution in [0.3, 0.4) is 0 Å². The molecule has 0 N–H and O–H groups in total. The Bertz CT molecular complexity index is 777. The van der Waals surface area contributed by atoms with Gasteiger partial charge in [0.2, 0.25) is 0 Å². The second-order valence-electron chi connectivity index (χ2n) is 11.6. The van der Waals surface area contributed by atoms with Gasteiger partial charge in [0.15, 0.2) is 8.32 Å². The van der Waals surface area contributed by atoms with Crippen LogP contribution >= 0.6 is 0 Å². The van der Waals surface area contributed by atoms with E-state index in [4.69, 9.17) is 4.43 Å². The Hall–Kier alpha value is -0.906. The first kappa shape index (κ1) is 21.8. The first-order valence-electron chi connectivity index (χ1n) is 10.9. The maximum atomic E-state index is 7.01. The molecule has 2 aliphatic carbocycles. The van der Waals surface area contributed by atoms with E-state index >= 15 is 0 Å². The van der Waals surface area contributed by atoms with Crippen molar-refractivity contribution in [1.29, 1.82) is 0 Å². The molecule has 0 aliphatic heterocycles. The molecule has 0 aromatic heterocycles. The van der Waals surface area contributed by atoms with Gasteiger partial charge < -0.3 is 4.43 Å². The molecule has 1 saturated carbocycles. The molecule has 3 rings (SSSR count). The molecular weight excluding hydrogens is 372 g/mol. The van der Waals surface area contributed by atoms with Gasteiger partial charge in [0.1, 0.15) is 0 Å². The average molecular weight is 413 g/mol. The van der Waals surface area contributed by atoms with Gasteiger partial charge in [-0.1, -0.05) is 93.7 Å². The Labute approximate surface area is 175 Å². The minimum atomic E-state index is -1.79. The first-order chi connectivity index (χ1) is 12.8. The molecule has 0 saturated heterocycles. The zero-order valence-electron chi connectivity index (χ0n) is 19.5. The molecule has 3 heteroatoms. The highest BCUT2D eigenvalue weighted by Crippen LogP contribution is 2.55. The number of rotatable bonds is 4. The lowest BCUT2D eigenvalue weighted by molar-refractivity contribution is 0.120. The third kappa shape index (κ3) is 3.78. The molecule has 3 atom stereocenters. The zero-order chi connectivity index (χ0) is 21.0. The van der Waals surface area contributed by atoms with E-state index in [0.717, 1.165) is 6.42 Å². The molecule has 0 bridgehead atoms. The summed E-state index contributed by atoms with van der Waals surface area (Å²) in [6.45, 7) is 21.9. The summed E-state index contributed by atoms with van der Waals surface area (Å²) in [5.41, 5.74) is 3.21. The van der Waals surface area contributed by atoms with E-state index in [9.17, 15) is 0 Å². The molecule has 0 amide bonds. The Morgan fingerprint density at radius 1 is 1.00 bits per heavy atom. The summed E-state index contributed by atoms with van der Waals surface area (Å²) in [4.78, 5) is 0. The fourth-order valence-corrected chi connectivity index (χ4v) is 8.75. The van der Waals surface area contributed by atoms with E-state index in [2.05, 4.69) is 103 Å². The fourth-order valence-electron chi connectivity index (χ4n) is 4.82. The van der Waals surface area contributed by atoms with Crippen molar-refractivity contribution in [2.24, 2.45) is 5.41 Å². The molecule has 154 valence electrons. The quantitative estimate of drug-likeness (QED) is 0.363. The van der Waals surface area contributed by atoms with E-state index < -0.39 is 16.4 Å². The summed E-state index contributed by atoms with van der Waals surface area (Å²) in [5, 5.41) is 2.01. The van der Waals surface area contributed by atoms with Crippen LogP contribution in [0.15, 0.2) is 53.3 Å². The minimum absolute atomic E-state index is 0.0659. The van der Waals surface area contributed by atoms with Crippen LogP contribution in [-0.2, 0) is 4.43 Å². The summed E-state index contributed by atoms with van der Waals surface area (Å²) in [5.74, 6) is 0.447. The highest BCUT2D eigenvalue weighted by molar-refractivity contribution is 6.83. The van der Waals surface area contributed by atoms with Gasteiger partial charge in [-0.15, -0.1) is 0 Å². The SMILES string of the molecule is CC(C)(C)[Si](C)(C)O[C@H]1CCC2=C([Si](C)(C)C)[C@@H](c3ccccc3)C=C[C@@]21C. The van der Waals surface area contributed by atoms with Crippen molar-refractivity contribution < 1.29 is 4.43 Å². The Morgan fingerprint density at radius 2 is 1.61 bits per heavy atom. The van der Waals surface area contributed by atoms with Crippen LogP contribution in [0.25, 0.3) is 0 Å². The van der Waals surface area contributed by atoms with E-state index in [-0.39, 0.29) is 10.5 Å². The molecule has 0 unspecified atom stereocenters. The molecule has 0 spiro atoms. The predicted molar refractivity (Wildman–Crippen MR) is 128 cm³/mol. The number of hydrogen-bond acceptors (Lipinski definition) is 1. The van der Waals surface area contributed by atoms with Crippen molar-refractivity contribution in [2.75, 3.05) is 0 Å². The number of allylic oxidation sites excluding steroid dienone is 2. The van der Waals surface area contributed by atoms with E-state index in [0.29, 0.717) is 12.0 Å². The largest absolute Gasteiger partial charge is 0.413 e. The Morgan fingerprint density at radius 3 is 2.14 bits per heavy atom. The molecule has 1 fully saturated rings. The van der Waals surface area contributed by atoms with Crippen molar-refractivity contribution in [3.05, 3.63) is 58.8 Å². The van der Waals surface area contributed by atoms with Crippen molar-refractivity contribution in [3.63, 3.8) is 0 Å². The molecule has 2 aliphatic rings. The van der Waals surface area contributed by atoms with Crippen LogP contribution in [0.2, 0.25) is 37.8 Å². The van der Waals surface area contributed by atoms with Crippen molar-refractivity contribution in [1.82, 2.24) is 0 Å². The molecule has 0 heterocycles. The third-order valence-electron chi connectivity index (χ3n) is 7.46. The van der Waals surface area contributed by atoms with Gasteiger partial charge in [-0.2, -0.15) is 0 Å². The van der Waals surface area contributed by atoms with E-state index in [1.807, 2.05) is 0 Å². The van der Waals surface area contributed by atoms with Gasteiger partial charge in [-0.3, -0.25) is 0 Å². The van der Waals surface area contributed by atoms with Crippen molar-refractivity contribution >= 4 is 16.4 Å². The zero-order valence-corrected chi connectivity index (χ0v) is 21.5. The molecule has 1 aromatic carbocycles. The van der Waals surface area contributed by atoms with Crippen LogP contribution in [-0.4, -0.2) is 22.5 Å². The van der Waals surface area contributed by atoms with E-state index in [1.165, 1.54) is 12.0 Å². The standard InChI is InChI=1S/C25H40OSi2/c1-24(2,3)28(8,9)26-22-16-15-21-23(27(5,6)7)20(17-18-25(21,22)4)19-13-11-10-12-14-19/h10-14,17-18,20,22H,15-16H2,1-9H3/t20-,22+,25+/m1/s1. The average Bonchev–Trinajstić information content (AvgIpc) is 2.89. The highest BCUT2D eigenvalue weighted by Gasteiger charge is 2.51. The molecular formula is C25H40OSi2. The summed E-state index contributed by atoms with van der Waals surface area (Å²) < 4.78 is 7.01. The molecule has 0 radical (unpaired) electrons. The van der Waals surface area contributed by atoms with Crippen molar-refractivity contribution in [2.45, 2.75) is 90.3 Å². The highest BCUT2D eigenvalue weighted by atomic mass is 28.4. The van der Waals surface area contributed by atoms with Crippen molar-refractivity contribution in [3.8, 4) is 0 Å². The Balaban J connectivity index is 2.04. The number of benzene rings is 1. The summed E-state index contributed by atoms with van der Waals surface area (Å²) >= 11 is 0. The molecule has 1 nitrogen and oxygen atoms in total.